The molecule has 1 amide bonds. The summed E-state index contributed by atoms with van der Waals surface area (Å²) < 4.78 is 18.1. The van der Waals surface area contributed by atoms with Crippen molar-refractivity contribution in [1.82, 2.24) is 0 Å². The molecule has 2 rings (SSSR count). The lowest BCUT2D eigenvalue weighted by atomic mass is 10.1. The number of nitrogens with one attached hydrogen (secondary N) is 1. The van der Waals surface area contributed by atoms with Crippen LogP contribution in [0.4, 0.5) is 10.1 Å². The highest BCUT2D eigenvalue weighted by atomic mass is 19.1. The van der Waals surface area contributed by atoms with E-state index in [1.54, 1.807) is 37.4 Å². The smallest absolute Gasteiger partial charge is 0.266 e. The summed E-state index contributed by atoms with van der Waals surface area (Å²) in [4.78, 5) is 12.1. The second kappa shape index (κ2) is 7.04. The molecule has 0 heterocycles. The van der Waals surface area contributed by atoms with E-state index in [1.807, 2.05) is 6.07 Å². The van der Waals surface area contributed by atoms with Crippen molar-refractivity contribution in [3.05, 3.63) is 65.5 Å². The highest BCUT2D eigenvalue weighted by molar-refractivity contribution is 6.09. The molecule has 0 bridgehead atoms. The Kier molecular flexibility index (Phi) is 4.89. The summed E-state index contributed by atoms with van der Waals surface area (Å²) in [6.07, 6.45) is 1.34. The molecular weight excluding hydrogens is 283 g/mol. The molecule has 4 nitrogen and oxygen atoms in total. The molecule has 2 aromatic carbocycles. The fourth-order valence-corrected chi connectivity index (χ4v) is 1.78. The monoisotopic (exact) mass is 296 g/mol. The number of methoxy groups -OCH3 is 1. The minimum Gasteiger partial charge on any atom is -0.497 e. The van der Waals surface area contributed by atoms with E-state index in [0.717, 1.165) is 0 Å². The van der Waals surface area contributed by atoms with Crippen molar-refractivity contribution < 1.29 is 13.9 Å². The van der Waals surface area contributed by atoms with Crippen LogP contribution in [0.25, 0.3) is 6.08 Å². The molecule has 0 aliphatic rings. The number of hydrogen-bond acceptors (Lipinski definition) is 3. The summed E-state index contributed by atoms with van der Waals surface area (Å²) in [5.41, 5.74) is 0.869. The number of hydrogen-bond donors (Lipinski definition) is 1. The maximum absolute atomic E-state index is 13.1. The van der Waals surface area contributed by atoms with Crippen LogP contribution < -0.4 is 10.1 Å². The first-order valence-corrected chi connectivity index (χ1v) is 6.45. The van der Waals surface area contributed by atoms with Gasteiger partial charge in [-0.1, -0.05) is 12.1 Å². The Labute approximate surface area is 127 Å². The topological polar surface area (TPSA) is 62.1 Å². The van der Waals surface area contributed by atoms with Gasteiger partial charge in [-0.3, -0.25) is 4.79 Å². The number of carbonyl (C=O) groups is 1. The van der Waals surface area contributed by atoms with Crippen LogP contribution >= 0.6 is 0 Å². The molecule has 0 radical (unpaired) electrons. The van der Waals surface area contributed by atoms with E-state index in [4.69, 9.17) is 10.00 Å². The zero-order valence-electron chi connectivity index (χ0n) is 11.8. The summed E-state index contributed by atoms with van der Waals surface area (Å²) in [5, 5.41) is 11.7. The maximum Gasteiger partial charge on any atom is 0.266 e. The van der Waals surface area contributed by atoms with Crippen LogP contribution in [-0.4, -0.2) is 13.0 Å². The van der Waals surface area contributed by atoms with Crippen molar-refractivity contribution >= 4 is 17.7 Å². The van der Waals surface area contributed by atoms with Crippen molar-refractivity contribution in [1.29, 1.82) is 5.26 Å². The van der Waals surface area contributed by atoms with E-state index in [1.165, 1.54) is 24.3 Å². The van der Waals surface area contributed by atoms with E-state index in [0.29, 0.717) is 17.0 Å². The molecule has 0 unspecified atom stereocenters. The predicted octanol–water partition coefficient (Wildman–Crippen LogP) is 3.38. The van der Waals surface area contributed by atoms with E-state index in [-0.39, 0.29) is 5.57 Å². The summed E-state index contributed by atoms with van der Waals surface area (Å²) in [6, 6.07) is 14.2. The predicted molar refractivity (Wildman–Crippen MR) is 81.6 cm³/mol. The number of amides is 1. The van der Waals surface area contributed by atoms with Gasteiger partial charge in [0.15, 0.2) is 0 Å². The lowest BCUT2D eigenvalue weighted by Crippen LogP contribution is -2.13. The van der Waals surface area contributed by atoms with Gasteiger partial charge in [-0.15, -0.1) is 0 Å². The van der Waals surface area contributed by atoms with Crippen LogP contribution in [0.5, 0.6) is 5.75 Å². The van der Waals surface area contributed by atoms with Crippen LogP contribution in [0.15, 0.2) is 54.1 Å². The van der Waals surface area contributed by atoms with Crippen LogP contribution in [0.3, 0.4) is 0 Å². The lowest BCUT2D eigenvalue weighted by Gasteiger charge is -2.05. The van der Waals surface area contributed by atoms with Crippen LogP contribution in [0.1, 0.15) is 5.56 Å². The van der Waals surface area contributed by atoms with Crippen molar-refractivity contribution in [3.63, 3.8) is 0 Å². The first-order valence-electron chi connectivity index (χ1n) is 6.45. The summed E-state index contributed by atoms with van der Waals surface area (Å²) in [7, 11) is 1.54. The first-order chi connectivity index (χ1) is 10.6. The molecule has 0 aliphatic carbocycles. The van der Waals surface area contributed by atoms with Crippen molar-refractivity contribution in [2.24, 2.45) is 0 Å². The number of nitriles is 1. The number of ether oxygens (including phenoxy) is 1. The van der Waals surface area contributed by atoms with E-state index in [9.17, 15) is 9.18 Å². The number of anilines is 1. The van der Waals surface area contributed by atoms with Crippen LogP contribution in [-0.2, 0) is 4.79 Å². The fourth-order valence-electron chi connectivity index (χ4n) is 1.78. The highest BCUT2D eigenvalue weighted by Gasteiger charge is 2.09. The molecular formula is C17H13FN2O2. The van der Waals surface area contributed by atoms with Crippen molar-refractivity contribution in [2.45, 2.75) is 0 Å². The van der Waals surface area contributed by atoms with E-state index in [2.05, 4.69) is 5.32 Å². The third kappa shape index (κ3) is 3.93. The van der Waals surface area contributed by atoms with Crippen molar-refractivity contribution in [2.75, 3.05) is 12.4 Å². The van der Waals surface area contributed by atoms with Crippen LogP contribution in [0.2, 0.25) is 0 Å². The Bertz CT molecular complexity index is 746. The van der Waals surface area contributed by atoms with Gasteiger partial charge in [0.2, 0.25) is 0 Å². The summed E-state index contributed by atoms with van der Waals surface area (Å²) in [6.45, 7) is 0. The molecule has 0 aliphatic heterocycles. The molecule has 0 saturated carbocycles. The summed E-state index contributed by atoms with van der Waals surface area (Å²) in [5.74, 6) is -0.327. The largest absolute Gasteiger partial charge is 0.497 e. The Morgan fingerprint density at radius 1 is 1.27 bits per heavy atom. The number of rotatable bonds is 4. The Morgan fingerprint density at radius 2 is 2.00 bits per heavy atom. The van der Waals surface area contributed by atoms with Gasteiger partial charge in [0.05, 0.1) is 7.11 Å². The zero-order valence-corrected chi connectivity index (χ0v) is 11.8. The molecule has 1 N–H and O–H groups in total. The zero-order chi connectivity index (χ0) is 15.9. The minimum atomic E-state index is -0.558. The average Bonchev–Trinajstić information content (AvgIpc) is 2.53. The third-order valence-corrected chi connectivity index (χ3v) is 2.87. The fraction of sp³-hybridized carbons (Fsp3) is 0.0588. The highest BCUT2D eigenvalue weighted by Crippen LogP contribution is 2.16. The van der Waals surface area contributed by atoms with Gasteiger partial charge >= 0.3 is 0 Å². The number of carbonyl (C=O) groups excluding carboxylic acids is 1. The SMILES string of the molecule is COc1ccc(NC(=O)/C(C#N)=C\c2cccc(F)c2)cc1. The summed E-state index contributed by atoms with van der Waals surface area (Å²) >= 11 is 0. The average molecular weight is 296 g/mol. The maximum atomic E-state index is 13.1. The Hall–Kier alpha value is -3.13. The van der Waals surface area contributed by atoms with Gasteiger partial charge in [0, 0.05) is 5.69 Å². The standard InChI is InChI=1S/C17H13FN2O2/c1-22-16-7-5-15(6-8-16)20-17(21)13(11-19)9-12-3-2-4-14(18)10-12/h2-10H,1H3,(H,20,21)/b13-9-. The minimum absolute atomic E-state index is 0.110. The first kappa shape index (κ1) is 15.3. The lowest BCUT2D eigenvalue weighted by molar-refractivity contribution is -0.112. The van der Waals surface area contributed by atoms with Gasteiger partial charge in [0.1, 0.15) is 23.2 Å². The molecule has 0 spiro atoms. The Balaban J connectivity index is 2.16. The molecule has 2 aromatic rings. The number of halogens is 1. The molecule has 0 aromatic heterocycles. The van der Waals surface area contributed by atoms with E-state index < -0.39 is 11.7 Å². The van der Waals surface area contributed by atoms with Crippen LogP contribution in [0, 0.1) is 17.1 Å². The normalized spacial score (nSPS) is 10.7. The van der Waals surface area contributed by atoms with Gasteiger partial charge in [-0.2, -0.15) is 5.26 Å². The quantitative estimate of drug-likeness (QED) is 0.695. The molecule has 110 valence electrons. The third-order valence-electron chi connectivity index (χ3n) is 2.87. The molecule has 0 fully saturated rings. The van der Waals surface area contributed by atoms with Crippen molar-refractivity contribution in [3.8, 4) is 11.8 Å². The van der Waals surface area contributed by atoms with Gasteiger partial charge in [-0.25, -0.2) is 4.39 Å². The molecule has 0 atom stereocenters. The van der Waals surface area contributed by atoms with Gasteiger partial charge in [-0.05, 0) is 48.0 Å². The molecule has 22 heavy (non-hydrogen) atoms. The Morgan fingerprint density at radius 3 is 2.59 bits per heavy atom. The second-order valence-corrected chi connectivity index (χ2v) is 4.41. The van der Waals surface area contributed by atoms with Gasteiger partial charge < -0.3 is 10.1 Å². The second-order valence-electron chi connectivity index (χ2n) is 4.41. The van der Waals surface area contributed by atoms with Gasteiger partial charge in [0.25, 0.3) is 5.91 Å². The van der Waals surface area contributed by atoms with E-state index >= 15 is 0 Å². The number of benzene rings is 2. The molecule has 5 heteroatoms. The molecule has 0 saturated heterocycles. The number of nitrogens with zero attached hydrogens (tertiary/aromatic N) is 1.